The first kappa shape index (κ1) is 16.7. The molecule has 0 aromatic rings. The van der Waals surface area contributed by atoms with E-state index < -0.39 is 12.1 Å². The zero-order chi connectivity index (χ0) is 13.5. The van der Waals surface area contributed by atoms with E-state index in [0.717, 1.165) is 13.0 Å². The third kappa shape index (κ3) is 7.60. The van der Waals surface area contributed by atoms with E-state index in [0.29, 0.717) is 12.5 Å². The lowest BCUT2D eigenvalue weighted by atomic mass is 10.00. The Morgan fingerprint density at radius 1 is 1.24 bits per heavy atom. The maximum Gasteiger partial charge on any atom is 0.391 e. The molecule has 0 aromatic carbocycles. The van der Waals surface area contributed by atoms with Gasteiger partial charge in [-0.1, -0.05) is 20.3 Å². The lowest BCUT2D eigenvalue weighted by Gasteiger charge is -2.24. The summed E-state index contributed by atoms with van der Waals surface area (Å²) in [6.45, 7) is 5.63. The Hall–Kier alpha value is -0.290. The molecule has 104 valence electrons. The Bertz CT molecular complexity index is 195. The van der Waals surface area contributed by atoms with Crippen molar-refractivity contribution in [1.82, 2.24) is 4.90 Å². The van der Waals surface area contributed by atoms with Crippen molar-refractivity contribution < 1.29 is 13.2 Å². The Balaban J connectivity index is 4.04. The number of nitrogens with two attached hydrogens (primary N) is 1. The molecule has 5 heteroatoms. The van der Waals surface area contributed by atoms with E-state index in [-0.39, 0.29) is 19.4 Å². The highest BCUT2D eigenvalue weighted by Crippen LogP contribution is 2.31. The Labute approximate surface area is 102 Å². The fourth-order valence-corrected chi connectivity index (χ4v) is 1.80. The van der Waals surface area contributed by atoms with E-state index in [9.17, 15) is 13.2 Å². The summed E-state index contributed by atoms with van der Waals surface area (Å²) in [7, 11) is 1.88. The van der Waals surface area contributed by atoms with Gasteiger partial charge in [0.05, 0.1) is 5.92 Å². The predicted octanol–water partition coefficient (Wildman–Crippen LogP) is 2.88. The van der Waals surface area contributed by atoms with Gasteiger partial charge in [0.25, 0.3) is 0 Å². The molecule has 2 unspecified atom stereocenters. The maximum absolute atomic E-state index is 12.6. The molecular weight excluding hydrogens is 229 g/mol. The number of nitrogens with zero attached hydrogens (tertiary/aromatic N) is 1. The molecule has 0 aromatic heterocycles. The van der Waals surface area contributed by atoms with Crippen molar-refractivity contribution in [2.45, 2.75) is 39.3 Å². The van der Waals surface area contributed by atoms with Gasteiger partial charge in [-0.05, 0) is 38.9 Å². The SMILES string of the molecule is CCC(C)CN(C)CCC(CCN)C(F)(F)F. The van der Waals surface area contributed by atoms with Crippen LogP contribution in [0.3, 0.4) is 0 Å². The van der Waals surface area contributed by atoms with Crippen LogP contribution in [0.15, 0.2) is 0 Å². The zero-order valence-corrected chi connectivity index (χ0v) is 11.1. The van der Waals surface area contributed by atoms with Gasteiger partial charge in [-0.25, -0.2) is 0 Å². The van der Waals surface area contributed by atoms with E-state index in [1.165, 1.54) is 0 Å². The summed E-state index contributed by atoms with van der Waals surface area (Å²) < 4.78 is 37.8. The second-order valence-corrected chi connectivity index (χ2v) is 4.88. The molecule has 0 spiro atoms. The van der Waals surface area contributed by atoms with Gasteiger partial charge in [-0.3, -0.25) is 0 Å². The number of halogens is 3. The molecule has 2 N–H and O–H groups in total. The Kier molecular flexibility index (Phi) is 7.79. The van der Waals surface area contributed by atoms with E-state index in [1.807, 2.05) is 11.9 Å². The van der Waals surface area contributed by atoms with Crippen molar-refractivity contribution in [2.24, 2.45) is 17.6 Å². The Morgan fingerprint density at radius 3 is 2.24 bits per heavy atom. The molecular formula is C12H25F3N2. The van der Waals surface area contributed by atoms with Crippen molar-refractivity contribution in [3.8, 4) is 0 Å². The van der Waals surface area contributed by atoms with Crippen LogP contribution in [-0.2, 0) is 0 Å². The monoisotopic (exact) mass is 254 g/mol. The fraction of sp³-hybridized carbons (Fsp3) is 1.00. The normalized spacial score (nSPS) is 16.2. The topological polar surface area (TPSA) is 29.3 Å². The van der Waals surface area contributed by atoms with Crippen molar-refractivity contribution >= 4 is 0 Å². The van der Waals surface area contributed by atoms with Crippen LogP contribution in [0.25, 0.3) is 0 Å². The highest BCUT2D eigenvalue weighted by Gasteiger charge is 2.38. The summed E-state index contributed by atoms with van der Waals surface area (Å²) >= 11 is 0. The van der Waals surface area contributed by atoms with Crippen molar-refractivity contribution in [1.29, 1.82) is 0 Å². The molecule has 0 bridgehead atoms. The molecule has 0 aliphatic heterocycles. The number of rotatable bonds is 8. The zero-order valence-electron chi connectivity index (χ0n) is 11.1. The third-order valence-corrected chi connectivity index (χ3v) is 3.16. The van der Waals surface area contributed by atoms with Gasteiger partial charge in [-0.2, -0.15) is 13.2 Å². The number of hydrogen-bond acceptors (Lipinski definition) is 2. The van der Waals surface area contributed by atoms with Crippen molar-refractivity contribution in [2.75, 3.05) is 26.7 Å². The van der Waals surface area contributed by atoms with Gasteiger partial charge in [0, 0.05) is 6.54 Å². The van der Waals surface area contributed by atoms with Crippen LogP contribution in [0.1, 0.15) is 33.1 Å². The second-order valence-electron chi connectivity index (χ2n) is 4.88. The number of alkyl halides is 3. The standard InChI is InChI=1S/C12H25F3N2/c1-4-10(2)9-17(3)8-6-11(5-7-16)12(13,14)15/h10-11H,4-9,16H2,1-3H3. The van der Waals surface area contributed by atoms with Crippen LogP contribution in [0.2, 0.25) is 0 Å². The second kappa shape index (κ2) is 7.93. The molecule has 0 rings (SSSR count). The highest BCUT2D eigenvalue weighted by molar-refractivity contribution is 4.70. The molecule has 2 nitrogen and oxygen atoms in total. The van der Waals surface area contributed by atoms with Gasteiger partial charge in [-0.15, -0.1) is 0 Å². The minimum absolute atomic E-state index is 0.0284. The summed E-state index contributed by atoms with van der Waals surface area (Å²) in [5, 5.41) is 0. The smallest absolute Gasteiger partial charge is 0.330 e. The molecule has 0 fully saturated rings. The van der Waals surface area contributed by atoms with Gasteiger partial charge in [0.15, 0.2) is 0 Å². The maximum atomic E-state index is 12.6. The Morgan fingerprint density at radius 2 is 1.82 bits per heavy atom. The average Bonchev–Trinajstić information content (AvgIpc) is 2.22. The molecule has 0 aliphatic carbocycles. The average molecular weight is 254 g/mol. The van der Waals surface area contributed by atoms with Crippen LogP contribution >= 0.6 is 0 Å². The first-order valence-corrected chi connectivity index (χ1v) is 6.26. The first-order chi connectivity index (χ1) is 7.81. The summed E-state index contributed by atoms with van der Waals surface area (Å²) in [6.07, 6.45) is -2.89. The van der Waals surface area contributed by atoms with E-state index >= 15 is 0 Å². The fourth-order valence-electron chi connectivity index (χ4n) is 1.80. The van der Waals surface area contributed by atoms with Crippen molar-refractivity contribution in [3.05, 3.63) is 0 Å². The highest BCUT2D eigenvalue weighted by atomic mass is 19.4. The summed E-state index contributed by atoms with van der Waals surface area (Å²) in [5.74, 6) is -0.731. The summed E-state index contributed by atoms with van der Waals surface area (Å²) in [4.78, 5) is 1.98. The van der Waals surface area contributed by atoms with E-state index in [4.69, 9.17) is 5.73 Å². The minimum Gasteiger partial charge on any atom is -0.330 e. The third-order valence-electron chi connectivity index (χ3n) is 3.16. The molecule has 0 radical (unpaired) electrons. The van der Waals surface area contributed by atoms with E-state index in [2.05, 4.69) is 13.8 Å². The predicted molar refractivity (Wildman–Crippen MR) is 64.8 cm³/mol. The molecule has 2 atom stereocenters. The minimum atomic E-state index is -4.11. The van der Waals surface area contributed by atoms with Crippen LogP contribution in [0.4, 0.5) is 13.2 Å². The van der Waals surface area contributed by atoms with Crippen LogP contribution in [-0.4, -0.2) is 37.8 Å². The molecule has 0 saturated heterocycles. The summed E-state index contributed by atoms with van der Waals surface area (Å²) in [6, 6.07) is 0. The van der Waals surface area contributed by atoms with E-state index in [1.54, 1.807) is 0 Å². The van der Waals surface area contributed by atoms with Gasteiger partial charge >= 0.3 is 6.18 Å². The number of hydrogen-bond donors (Lipinski definition) is 1. The quantitative estimate of drug-likeness (QED) is 0.721. The molecule has 0 aliphatic rings. The van der Waals surface area contributed by atoms with Gasteiger partial charge in [0.2, 0.25) is 0 Å². The lowest BCUT2D eigenvalue weighted by Crippen LogP contribution is -2.32. The first-order valence-electron chi connectivity index (χ1n) is 6.26. The van der Waals surface area contributed by atoms with Crippen molar-refractivity contribution in [3.63, 3.8) is 0 Å². The largest absolute Gasteiger partial charge is 0.391 e. The van der Waals surface area contributed by atoms with Gasteiger partial charge < -0.3 is 10.6 Å². The van der Waals surface area contributed by atoms with Crippen LogP contribution in [0.5, 0.6) is 0 Å². The molecule has 17 heavy (non-hydrogen) atoms. The molecule has 0 heterocycles. The van der Waals surface area contributed by atoms with Gasteiger partial charge in [0.1, 0.15) is 0 Å². The molecule has 0 saturated carbocycles. The lowest BCUT2D eigenvalue weighted by molar-refractivity contribution is -0.178. The summed E-state index contributed by atoms with van der Waals surface area (Å²) in [5.41, 5.74) is 5.22. The van der Waals surface area contributed by atoms with Crippen LogP contribution in [0, 0.1) is 11.8 Å². The van der Waals surface area contributed by atoms with Crippen LogP contribution < -0.4 is 5.73 Å². The molecule has 0 amide bonds.